The fourth-order valence-electron chi connectivity index (χ4n) is 4.89. The molecule has 1 aromatic heterocycles. The molecule has 4 nitrogen and oxygen atoms in total. The van der Waals surface area contributed by atoms with Gasteiger partial charge < -0.3 is 10.6 Å². The van der Waals surface area contributed by atoms with Crippen molar-refractivity contribution in [1.29, 1.82) is 0 Å². The van der Waals surface area contributed by atoms with E-state index in [-0.39, 0.29) is 11.9 Å². The number of aryl methyl sites for hydroxylation is 2. The zero-order valence-corrected chi connectivity index (χ0v) is 16.6. The minimum absolute atomic E-state index is 0.0578. The molecule has 2 N–H and O–H groups in total. The molecule has 1 amide bonds. The maximum Gasteiger partial charge on any atom is 0.274 e. The molecule has 4 rings (SSSR count). The molecule has 0 radical (unpaired) electrons. The van der Waals surface area contributed by atoms with Crippen LogP contribution in [0.1, 0.15) is 40.8 Å². The van der Waals surface area contributed by atoms with Gasteiger partial charge in [-0.2, -0.15) is 0 Å². The van der Waals surface area contributed by atoms with Crippen LogP contribution in [0.3, 0.4) is 0 Å². The van der Waals surface area contributed by atoms with Gasteiger partial charge >= 0.3 is 0 Å². The molecule has 2 aliphatic rings. The Kier molecular flexibility index (Phi) is 4.61. The van der Waals surface area contributed by atoms with Crippen LogP contribution in [0.15, 0.2) is 24.3 Å². The summed E-state index contributed by atoms with van der Waals surface area (Å²) < 4.78 is 0. The molecule has 0 bridgehead atoms. The Morgan fingerprint density at radius 3 is 2.69 bits per heavy atom. The van der Waals surface area contributed by atoms with E-state index in [1.165, 1.54) is 18.4 Å². The number of hydrogen-bond donors (Lipinski definition) is 1. The summed E-state index contributed by atoms with van der Waals surface area (Å²) in [7, 11) is 0. The highest BCUT2D eigenvalue weighted by molar-refractivity contribution is 7.15. The van der Waals surface area contributed by atoms with Gasteiger partial charge in [-0.25, -0.2) is 4.98 Å². The van der Waals surface area contributed by atoms with Gasteiger partial charge in [0.2, 0.25) is 0 Å². The predicted octanol–water partition coefficient (Wildman–Crippen LogP) is 3.87. The summed E-state index contributed by atoms with van der Waals surface area (Å²) in [5.41, 5.74) is 8.99. The Hall–Kier alpha value is -1.72. The summed E-state index contributed by atoms with van der Waals surface area (Å²) in [6, 6.07) is 8.50. The highest BCUT2D eigenvalue weighted by Crippen LogP contribution is 2.45. The fourth-order valence-corrected chi connectivity index (χ4v) is 5.81. The van der Waals surface area contributed by atoms with E-state index < -0.39 is 0 Å². The maximum absolute atomic E-state index is 13.4. The number of benzene rings is 1. The van der Waals surface area contributed by atoms with Gasteiger partial charge in [-0.05, 0) is 50.0 Å². The van der Waals surface area contributed by atoms with E-state index in [1.54, 1.807) is 11.3 Å². The van der Waals surface area contributed by atoms with Crippen LogP contribution in [0.2, 0.25) is 0 Å². The van der Waals surface area contributed by atoms with Crippen molar-refractivity contribution in [3.8, 4) is 10.4 Å². The second kappa shape index (κ2) is 6.78. The molecule has 1 aliphatic carbocycles. The second-order valence-electron chi connectivity index (χ2n) is 8.04. The second-order valence-corrected chi connectivity index (χ2v) is 9.24. The van der Waals surface area contributed by atoms with Crippen LogP contribution in [0.4, 0.5) is 0 Å². The molecule has 26 heavy (non-hydrogen) atoms. The first-order valence-corrected chi connectivity index (χ1v) is 10.3. The molecule has 0 spiro atoms. The largest absolute Gasteiger partial charge is 0.332 e. The Labute approximate surface area is 159 Å². The molecule has 138 valence electrons. The maximum atomic E-state index is 13.4. The van der Waals surface area contributed by atoms with E-state index >= 15 is 0 Å². The summed E-state index contributed by atoms with van der Waals surface area (Å²) in [6.45, 7) is 7.74. The van der Waals surface area contributed by atoms with Gasteiger partial charge in [0.25, 0.3) is 5.91 Å². The van der Waals surface area contributed by atoms with Crippen LogP contribution < -0.4 is 5.73 Å². The molecule has 2 aromatic rings. The predicted molar refractivity (Wildman–Crippen MR) is 106 cm³/mol. The van der Waals surface area contributed by atoms with Crippen molar-refractivity contribution in [3.05, 3.63) is 40.5 Å². The minimum atomic E-state index is 0.0578. The third-order valence-corrected chi connectivity index (χ3v) is 7.08. The van der Waals surface area contributed by atoms with E-state index in [0.29, 0.717) is 24.1 Å². The number of thiazole rings is 1. The number of nitrogens with two attached hydrogens (primary N) is 1. The third-order valence-electron chi connectivity index (χ3n) is 6.06. The number of hydrogen-bond acceptors (Lipinski definition) is 4. The highest BCUT2D eigenvalue weighted by atomic mass is 32.1. The summed E-state index contributed by atoms with van der Waals surface area (Å²) >= 11 is 1.60. The van der Waals surface area contributed by atoms with Crippen molar-refractivity contribution >= 4 is 17.2 Å². The smallest absolute Gasteiger partial charge is 0.274 e. The van der Waals surface area contributed by atoms with Crippen molar-refractivity contribution in [2.45, 2.75) is 39.7 Å². The number of likely N-dealkylation sites (tertiary alicyclic amines) is 1. The van der Waals surface area contributed by atoms with Gasteiger partial charge in [0.05, 0.1) is 9.88 Å². The van der Waals surface area contributed by atoms with Gasteiger partial charge in [-0.1, -0.05) is 36.8 Å². The quantitative estimate of drug-likeness (QED) is 0.893. The molecule has 1 saturated heterocycles. The van der Waals surface area contributed by atoms with Crippen LogP contribution in [0.25, 0.3) is 10.4 Å². The molecule has 2 fully saturated rings. The first kappa shape index (κ1) is 17.7. The lowest BCUT2D eigenvalue weighted by atomic mass is 9.94. The summed E-state index contributed by atoms with van der Waals surface area (Å²) in [4.78, 5) is 21.0. The van der Waals surface area contributed by atoms with E-state index in [1.807, 2.05) is 11.8 Å². The standard InChI is InChI=1S/C21H27N3OS/c1-12-4-6-15(7-5-12)20-19(23-14(3)26-20)21(25)24-11-16-8-13(2)9-17(16)18(24)10-22/h4-7,13,16-18H,8-11,22H2,1-3H3/t13?,16-,17-,18+/m0/s1. The number of fused-ring (bicyclic) bond motifs is 1. The van der Waals surface area contributed by atoms with Crippen molar-refractivity contribution in [2.24, 2.45) is 23.5 Å². The Balaban J connectivity index is 1.66. The Morgan fingerprint density at radius 1 is 1.27 bits per heavy atom. The van der Waals surface area contributed by atoms with Crippen LogP contribution in [-0.2, 0) is 0 Å². The van der Waals surface area contributed by atoms with Gasteiger partial charge in [0.15, 0.2) is 0 Å². The molecular weight excluding hydrogens is 342 g/mol. The zero-order valence-electron chi connectivity index (χ0n) is 15.7. The third kappa shape index (κ3) is 2.97. The SMILES string of the molecule is Cc1ccc(-c2sc(C)nc2C(=O)N2C[C@@H]3CC(C)C[C@@H]3[C@H]2CN)cc1. The number of rotatable bonds is 3. The minimum Gasteiger partial charge on any atom is -0.332 e. The monoisotopic (exact) mass is 369 g/mol. The fraction of sp³-hybridized carbons (Fsp3) is 0.524. The van der Waals surface area contributed by atoms with Crippen molar-refractivity contribution in [1.82, 2.24) is 9.88 Å². The first-order chi connectivity index (χ1) is 12.5. The van der Waals surface area contributed by atoms with E-state index in [9.17, 15) is 4.79 Å². The molecular formula is C21H27N3OS. The van der Waals surface area contributed by atoms with Crippen LogP contribution in [-0.4, -0.2) is 34.9 Å². The Bertz CT molecular complexity index is 813. The van der Waals surface area contributed by atoms with Crippen LogP contribution >= 0.6 is 11.3 Å². The number of amides is 1. The summed E-state index contributed by atoms with van der Waals surface area (Å²) in [5.74, 6) is 1.97. The highest BCUT2D eigenvalue weighted by Gasteiger charge is 2.48. The van der Waals surface area contributed by atoms with Crippen molar-refractivity contribution < 1.29 is 4.79 Å². The lowest BCUT2D eigenvalue weighted by Gasteiger charge is -2.27. The van der Waals surface area contributed by atoms with E-state index in [2.05, 4.69) is 43.1 Å². The normalized spacial score (nSPS) is 27.8. The Morgan fingerprint density at radius 2 is 2.00 bits per heavy atom. The number of nitrogens with zero attached hydrogens (tertiary/aromatic N) is 2. The molecule has 5 heteroatoms. The summed E-state index contributed by atoms with van der Waals surface area (Å²) in [5, 5.41) is 0.932. The van der Waals surface area contributed by atoms with Gasteiger partial charge in [-0.3, -0.25) is 4.79 Å². The van der Waals surface area contributed by atoms with E-state index in [0.717, 1.165) is 27.9 Å². The molecule has 1 aliphatic heterocycles. The van der Waals surface area contributed by atoms with Crippen LogP contribution in [0.5, 0.6) is 0 Å². The molecule has 1 unspecified atom stereocenters. The average Bonchev–Trinajstić information content (AvgIpc) is 3.26. The van der Waals surface area contributed by atoms with E-state index in [4.69, 9.17) is 5.73 Å². The number of aromatic nitrogens is 1. The molecule has 1 saturated carbocycles. The zero-order chi connectivity index (χ0) is 18.4. The number of carbonyl (C=O) groups is 1. The molecule has 1 aromatic carbocycles. The molecule has 4 atom stereocenters. The van der Waals surface area contributed by atoms with Crippen molar-refractivity contribution in [3.63, 3.8) is 0 Å². The van der Waals surface area contributed by atoms with Gasteiger partial charge in [-0.15, -0.1) is 11.3 Å². The topological polar surface area (TPSA) is 59.2 Å². The lowest BCUT2D eigenvalue weighted by Crippen LogP contribution is -2.43. The van der Waals surface area contributed by atoms with Crippen molar-refractivity contribution in [2.75, 3.05) is 13.1 Å². The van der Waals surface area contributed by atoms with Gasteiger partial charge in [0, 0.05) is 19.1 Å². The van der Waals surface area contributed by atoms with Gasteiger partial charge in [0.1, 0.15) is 5.69 Å². The van der Waals surface area contributed by atoms with Crippen LogP contribution in [0, 0.1) is 31.6 Å². The summed E-state index contributed by atoms with van der Waals surface area (Å²) in [6.07, 6.45) is 2.41. The number of carbonyl (C=O) groups excluding carboxylic acids is 1. The average molecular weight is 370 g/mol. The first-order valence-electron chi connectivity index (χ1n) is 9.53. The molecule has 2 heterocycles. The lowest BCUT2D eigenvalue weighted by molar-refractivity contribution is 0.0710.